The molecule has 0 radical (unpaired) electrons. The molecule has 3 heterocycles. The van der Waals surface area contributed by atoms with E-state index in [0.29, 0.717) is 42.3 Å². The van der Waals surface area contributed by atoms with E-state index in [4.69, 9.17) is 16.7 Å². The minimum absolute atomic E-state index is 0.0186. The van der Waals surface area contributed by atoms with Gasteiger partial charge >= 0.3 is 0 Å². The van der Waals surface area contributed by atoms with Crippen molar-refractivity contribution in [1.82, 2.24) is 19.7 Å². The van der Waals surface area contributed by atoms with Gasteiger partial charge < -0.3 is 19.9 Å². The lowest BCUT2D eigenvalue weighted by molar-refractivity contribution is 0.0615. The Morgan fingerprint density at radius 1 is 1.12 bits per heavy atom. The molecule has 2 amide bonds. The average Bonchev–Trinajstić information content (AvgIpc) is 3.35. The predicted molar refractivity (Wildman–Crippen MR) is 124 cm³/mol. The summed E-state index contributed by atoms with van der Waals surface area (Å²) in [5.41, 5.74) is 4.79. The maximum atomic E-state index is 13.1. The van der Waals surface area contributed by atoms with Gasteiger partial charge in [0.25, 0.3) is 11.8 Å². The molecule has 0 spiro atoms. The molecular weight excluding hydrogens is 428 g/mol. The summed E-state index contributed by atoms with van der Waals surface area (Å²) in [5, 5.41) is 13.6. The number of hydrogen-bond acceptors (Lipinski definition) is 4. The molecule has 2 aromatic carbocycles. The Morgan fingerprint density at radius 3 is 2.66 bits per heavy atom. The molecule has 5 rings (SSSR count). The van der Waals surface area contributed by atoms with Crippen molar-refractivity contribution < 1.29 is 14.7 Å². The zero-order valence-corrected chi connectivity index (χ0v) is 18.7. The van der Waals surface area contributed by atoms with Gasteiger partial charge in [0.15, 0.2) is 0 Å². The number of rotatable bonds is 4. The van der Waals surface area contributed by atoms with Crippen molar-refractivity contribution in [2.24, 2.45) is 7.05 Å². The van der Waals surface area contributed by atoms with Crippen LogP contribution in [0, 0.1) is 0 Å². The van der Waals surface area contributed by atoms with Crippen molar-refractivity contribution in [2.75, 3.05) is 39.3 Å². The third-order valence-corrected chi connectivity index (χ3v) is 6.91. The number of benzene rings is 2. The van der Waals surface area contributed by atoms with Crippen LogP contribution in [-0.4, -0.2) is 70.6 Å². The Balaban J connectivity index is 1.47. The van der Waals surface area contributed by atoms with Gasteiger partial charge in [0.2, 0.25) is 0 Å². The summed E-state index contributed by atoms with van der Waals surface area (Å²) < 4.78 is 2.03. The van der Waals surface area contributed by atoms with Crippen molar-refractivity contribution in [3.05, 3.63) is 58.1 Å². The molecule has 2 aliphatic heterocycles. The summed E-state index contributed by atoms with van der Waals surface area (Å²) in [7, 11) is 1.95. The van der Waals surface area contributed by atoms with Gasteiger partial charge in [-0.25, -0.2) is 0 Å². The second kappa shape index (κ2) is 8.24. The molecule has 0 saturated carbocycles. The first-order valence-electron chi connectivity index (χ1n) is 10.8. The maximum Gasteiger partial charge on any atom is 0.254 e. The number of aliphatic hydroxyl groups is 1. The molecule has 166 valence electrons. The van der Waals surface area contributed by atoms with Crippen LogP contribution < -0.4 is 5.32 Å². The molecule has 1 aromatic heterocycles. The SMILES string of the molecule is Cn1c(-c2ccc(Cl)c3c2C(=O)NC3)cc2ccc(C(=O)N3CCN(CCO)CC3)cc21. The van der Waals surface area contributed by atoms with Crippen LogP contribution in [0.4, 0.5) is 0 Å². The number of β-amino-alcohol motifs (C(OH)–C–C–N with tert-alkyl or cyclic N) is 1. The predicted octanol–water partition coefficient (Wildman–Crippen LogP) is 2.49. The maximum absolute atomic E-state index is 13.1. The van der Waals surface area contributed by atoms with Gasteiger partial charge in [-0.05, 0) is 24.3 Å². The van der Waals surface area contributed by atoms with Crippen LogP contribution in [0.1, 0.15) is 26.3 Å². The van der Waals surface area contributed by atoms with E-state index >= 15 is 0 Å². The lowest BCUT2D eigenvalue weighted by atomic mass is 10.0. The van der Waals surface area contributed by atoms with Gasteiger partial charge in [0.1, 0.15) is 0 Å². The zero-order valence-electron chi connectivity index (χ0n) is 17.9. The standard InChI is InChI=1S/C24H25ClN4O3/c1-27-20-13-16(24(32)29-8-6-28(7-9-29)10-11-30)3-2-15(20)12-21(27)17-4-5-19(25)18-14-26-23(31)22(17)18/h2-5,12-13,30H,6-11,14H2,1H3,(H,26,31). The summed E-state index contributed by atoms with van der Waals surface area (Å²) in [5.74, 6) is -0.0935. The fraction of sp³-hybridized carbons (Fsp3) is 0.333. The Morgan fingerprint density at radius 2 is 1.91 bits per heavy atom. The summed E-state index contributed by atoms with van der Waals surface area (Å²) in [6.07, 6.45) is 0. The van der Waals surface area contributed by atoms with E-state index < -0.39 is 0 Å². The van der Waals surface area contributed by atoms with Gasteiger partial charge in [-0.2, -0.15) is 0 Å². The number of amides is 2. The van der Waals surface area contributed by atoms with Gasteiger partial charge in [0, 0.05) is 84.6 Å². The number of piperazine rings is 1. The molecule has 1 saturated heterocycles. The molecule has 0 unspecified atom stereocenters. The average molecular weight is 453 g/mol. The second-order valence-electron chi connectivity index (χ2n) is 8.35. The lowest BCUT2D eigenvalue weighted by Crippen LogP contribution is -2.49. The first-order chi connectivity index (χ1) is 15.5. The number of nitrogens with one attached hydrogen (secondary N) is 1. The zero-order chi connectivity index (χ0) is 22.4. The molecule has 8 heteroatoms. The van der Waals surface area contributed by atoms with Crippen LogP contribution in [0.2, 0.25) is 5.02 Å². The number of aromatic nitrogens is 1. The van der Waals surface area contributed by atoms with Crippen LogP contribution in [-0.2, 0) is 13.6 Å². The Bertz CT molecular complexity index is 1230. The van der Waals surface area contributed by atoms with E-state index in [1.165, 1.54) is 0 Å². The molecule has 0 bridgehead atoms. The van der Waals surface area contributed by atoms with Crippen LogP contribution in [0.25, 0.3) is 22.2 Å². The summed E-state index contributed by atoms with van der Waals surface area (Å²) in [6.45, 7) is 4.07. The van der Waals surface area contributed by atoms with E-state index in [-0.39, 0.29) is 18.4 Å². The van der Waals surface area contributed by atoms with E-state index in [1.54, 1.807) is 0 Å². The normalized spacial score (nSPS) is 16.5. The van der Waals surface area contributed by atoms with Crippen LogP contribution in [0.5, 0.6) is 0 Å². The quantitative estimate of drug-likeness (QED) is 0.637. The number of hydrogen-bond donors (Lipinski definition) is 2. The first kappa shape index (κ1) is 21.0. The molecule has 0 aliphatic carbocycles. The third-order valence-electron chi connectivity index (χ3n) is 6.55. The summed E-state index contributed by atoms with van der Waals surface area (Å²) in [6, 6.07) is 11.5. The van der Waals surface area contributed by atoms with Crippen molar-refractivity contribution in [3.63, 3.8) is 0 Å². The number of aliphatic hydroxyl groups excluding tert-OH is 1. The topological polar surface area (TPSA) is 77.8 Å². The van der Waals surface area contributed by atoms with Gasteiger partial charge in [0.05, 0.1) is 12.2 Å². The van der Waals surface area contributed by atoms with Crippen molar-refractivity contribution >= 4 is 34.3 Å². The van der Waals surface area contributed by atoms with Gasteiger partial charge in [-0.15, -0.1) is 0 Å². The van der Waals surface area contributed by atoms with Crippen molar-refractivity contribution in [3.8, 4) is 11.3 Å². The highest BCUT2D eigenvalue weighted by Gasteiger charge is 2.27. The highest BCUT2D eigenvalue weighted by Crippen LogP contribution is 2.36. The van der Waals surface area contributed by atoms with Gasteiger partial charge in [-0.3, -0.25) is 14.5 Å². The van der Waals surface area contributed by atoms with E-state index in [9.17, 15) is 9.59 Å². The Hall–Kier alpha value is -2.87. The molecule has 3 aromatic rings. The largest absolute Gasteiger partial charge is 0.395 e. The Kier molecular flexibility index (Phi) is 5.41. The molecule has 7 nitrogen and oxygen atoms in total. The van der Waals surface area contributed by atoms with E-state index in [2.05, 4.69) is 10.2 Å². The van der Waals surface area contributed by atoms with Gasteiger partial charge in [-0.1, -0.05) is 23.7 Å². The van der Waals surface area contributed by atoms with Crippen molar-refractivity contribution in [1.29, 1.82) is 0 Å². The monoisotopic (exact) mass is 452 g/mol. The number of nitrogens with zero attached hydrogens (tertiary/aromatic N) is 3. The first-order valence-corrected chi connectivity index (χ1v) is 11.2. The molecule has 1 fully saturated rings. The fourth-order valence-electron chi connectivity index (χ4n) is 4.75. The summed E-state index contributed by atoms with van der Waals surface area (Å²) in [4.78, 5) is 29.6. The Labute approximate surface area is 191 Å². The molecule has 2 aliphatic rings. The van der Waals surface area contributed by atoms with Crippen LogP contribution in [0.15, 0.2) is 36.4 Å². The highest BCUT2D eigenvalue weighted by atomic mass is 35.5. The molecule has 32 heavy (non-hydrogen) atoms. The number of aryl methyl sites for hydroxylation is 1. The number of fused-ring (bicyclic) bond motifs is 2. The van der Waals surface area contributed by atoms with Crippen LogP contribution >= 0.6 is 11.6 Å². The summed E-state index contributed by atoms with van der Waals surface area (Å²) >= 11 is 6.31. The number of carbonyl (C=O) groups is 2. The van der Waals surface area contributed by atoms with E-state index in [1.807, 2.05) is 52.9 Å². The molecular formula is C24H25ClN4O3. The lowest BCUT2D eigenvalue weighted by Gasteiger charge is -2.34. The van der Waals surface area contributed by atoms with E-state index in [0.717, 1.165) is 40.8 Å². The number of halogens is 1. The van der Waals surface area contributed by atoms with Crippen LogP contribution in [0.3, 0.4) is 0 Å². The molecule has 0 atom stereocenters. The minimum Gasteiger partial charge on any atom is -0.395 e. The second-order valence-corrected chi connectivity index (χ2v) is 8.76. The van der Waals surface area contributed by atoms with Crippen molar-refractivity contribution in [2.45, 2.75) is 6.54 Å². The smallest absolute Gasteiger partial charge is 0.254 e. The third kappa shape index (κ3) is 3.46. The minimum atomic E-state index is -0.112. The molecule has 2 N–H and O–H groups in total. The number of carbonyl (C=O) groups excluding carboxylic acids is 2. The fourth-order valence-corrected chi connectivity index (χ4v) is 4.97. The highest BCUT2D eigenvalue weighted by molar-refractivity contribution is 6.32.